The molecule has 150 valence electrons. The number of anilines is 1. The van der Waals surface area contributed by atoms with E-state index in [1.807, 2.05) is 31.2 Å². The number of amides is 1. The number of ether oxygens (including phenoxy) is 2. The van der Waals surface area contributed by atoms with E-state index in [0.29, 0.717) is 11.7 Å². The molecule has 1 N–H and O–H groups in total. The van der Waals surface area contributed by atoms with Crippen LogP contribution in [-0.4, -0.2) is 43.4 Å². The zero-order valence-electron chi connectivity index (χ0n) is 16.3. The number of methoxy groups -OCH3 is 2. The molecule has 0 spiro atoms. The summed E-state index contributed by atoms with van der Waals surface area (Å²) in [5.41, 5.74) is 0.881. The van der Waals surface area contributed by atoms with Crippen molar-refractivity contribution in [1.82, 2.24) is 15.5 Å². The Balaban J connectivity index is 1.67. The van der Waals surface area contributed by atoms with Gasteiger partial charge in [-0.15, -0.1) is 10.2 Å². The fourth-order valence-electron chi connectivity index (χ4n) is 3.46. The molecular formula is C20H25ClN4O3. The highest BCUT2D eigenvalue weighted by atomic mass is 35.5. The van der Waals surface area contributed by atoms with Crippen LogP contribution in [-0.2, 0) is 4.79 Å². The minimum absolute atomic E-state index is 0.0176. The van der Waals surface area contributed by atoms with E-state index >= 15 is 0 Å². The molecule has 1 aliphatic heterocycles. The first-order valence-corrected chi connectivity index (χ1v) is 9.66. The fourth-order valence-corrected chi connectivity index (χ4v) is 3.56. The number of nitrogens with one attached hydrogen (secondary N) is 1. The molecule has 2 heterocycles. The zero-order valence-corrected chi connectivity index (χ0v) is 17.1. The Kier molecular flexibility index (Phi) is 6.57. The molecule has 1 aromatic heterocycles. The number of benzene rings is 1. The second kappa shape index (κ2) is 9.10. The lowest BCUT2D eigenvalue weighted by Gasteiger charge is -2.33. The van der Waals surface area contributed by atoms with Gasteiger partial charge in [0.05, 0.1) is 26.2 Å². The molecule has 28 heavy (non-hydrogen) atoms. The van der Waals surface area contributed by atoms with Crippen LogP contribution >= 0.6 is 11.6 Å². The molecule has 1 fully saturated rings. The predicted octanol–water partition coefficient (Wildman–Crippen LogP) is 3.24. The summed E-state index contributed by atoms with van der Waals surface area (Å²) in [5, 5.41) is 11.5. The Morgan fingerprint density at radius 2 is 2.07 bits per heavy atom. The van der Waals surface area contributed by atoms with Crippen LogP contribution in [0.25, 0.3) is 0 Å². The first kappa shape index (κ1) is 20.2. The molecule has 0 saturated carbocycles. The van der Waals surface area contributed by atoms with Crippen LogP contribution in [0.1, 0.15) is 31.4 Å². The van der Waals surface area contributed by atoms with Crippen molar-refractivity contribution >= 4 is 23.3 Å². The highest BCUT2D eigenvalue weighted by molar-refractivity contribution is 6.29. The van der Waals surface area contributed by atoms with E-state index in [9.17, 15) is 4.79 Å². The van der Waals surface area contributed by atoms with Crippen molar-refractivity contribution in [2.24, 2.45) is 5.92 Å². The second-order valence-electron chi connectivity index (χ2n) is 6.84. The highest BCUT2D eigenvalue weighted by Gasteiger charge is 2.28. The summed E-state index contributed by atoms with van der Waals surface area (Å²) < 4.78 is 10.7. The van der Waals surface area contributed by atoms with Gasteiger partial charge in [0, 0.05) is 18.7 Å². The SMILES string of the molecule is COc1ccc(OC)c(C(C)NC(=O)C2CCCN(c3ccc(Cl)nn3)C2)c1. The van der Waals surface area contributed by atoms with E-state index < -0.39 is 0 Å². The van der Waals surface area contributed by atoms with Gasteiger partial charge >= 0.3 is 0 Å². The van der Waals surface area contributed by atoms with Gasteiger partial charge in [0.1, 0.15) is 11.5 Å². The summed E-state index contributed by atoms with van der Waals surface area (Å²) in [7, 11) is 3.23. The summed E-state index contributed by atoms with van der Waals surface area (Å²) >= 11 is 5.82. The molecule has 1 aliphatic rings. The summed E-state index contributed by atoms with van der Waals surface area (Å²) in [6, 6.07) is 8.91. The van der Waals surface area contributed by atoms with E-state index in [1.54, 1.807) is 20.3 Å². The molecule has 0 aliphatic carbocycles. The summed E-state index contributed by atoms with van der Waals surface area (Å²) in [6.45, 7) is 3.39. The maximum atomic E-state index is 12.9. The van der Waals surface area contributed by atoms with E-state index in [4.69, 9.17) is 21.1 Å². The number of rotatable bonds is 6. The molecular weight excluding hydrogens is 380 g/mol. The molecule has 0 radical (unpaired) electrons. The first-order valence-electron chi connectivity index (χ1n) is 9.28. The van der Waals surface area contributed by atoms with Crippen molar-refractivity contribution < 1.29 is 14.3 Å². The lowest BCUT2D eigenvalue weighted by molar-refractivity contribution is -0.125. The van der Waals surface area contributed by atoms with E-state index in [-0.39, 0.29) is 17.9 Å². The zero-order chi connectivity index (χ0) is 20.1. The molecule has 0 bridgehead atoms. The van der Waals surface area contributed by atoms with Gasteiger partial charge in [-0.2, -0.15) is 0 Å². The quantitative estimate of drug-likeness (QED) is 0.796. The van der Waals surface area contributed by atoms with Gasteiger partial charge in [-0.3, -0.25) is 4.79 Å². The third-order valence-corrected chi connectivity index (χ3v) is 5.20. The fraction of sp³-hybridized carbons (Fsp3) is 0.450. The minimum atomic E-state index is -0.205. The normalized spacial score (nSPS) is 17.7. The molecule has 1 aromatic carbocycles. The number of halogens is 1. The number of aromatic nitrogens is 2. The molecule has 3 rings (SSSR count). The Labute approximate surface area is 170 Å². The van der Waals surface area contributed by atoms with Gasteiger partial charge in [-0.25, -0.2) is 0 Å². The van der Waals surface area contributed by atoms with Gasteiger partial charge in [-0.1, -0.05) is 11.6 Å². The molecule has 2 atom stereocenters. The maximum Gasteiger partial charge on any atom is 0.225 e. The van der Waals surface area contributed by atoms with Gasteiger partial charge in [-0.05, 0) is 50.1 Å². The smallest absolute Gasteiger partial charge is 0.225 e. The van der Waals surface area contributed by atoms with Crippen molar-refractivity contribution in [2.75, 3.05) is 32.2 Å². The van der Waals surface area contributed by atoms with Crippen LogP contribution in [0.5, 0.6) is 11.5 Å². The predicted molar refractivity (Wildman–Crippen MR) is 108 cm³/mol. The summed E-state index contributed by atoms with van der Waals surface area (Å²) in [5.74, 6) is 2.08. The number of hydrogen-bond acceptors (Lipinski definition) is 6. The molecule has 8 heteroatoms. The van der Waals surface area contributed by atoms with Crippen LogP contribution < -0.4 is 19.7 Å². The van der Waals surface area contributed by atoms with E-state index in [0.717, 1.165) is 42.3 Å². The van der Waals surface area contributed by atoms with Crippen LogP contribution in [0, 0.1) is 5.92 Å². The second-order valence-corrected chi connectivity index (χ2v) is 7.22. The van der Waals surface area contributed by atoms with Crippen LogP contribution in [0.2, 0.25) is 5.15 Å². The lowest BCUT2D eigenvalue weighted by atomic mass is 9.96. The Bertz CT molecular complexity index is 816. The van der Waals surface area contributed by atoms with Gasteiger partial charge < -0.3 is 19.7 Å². The monoisotopic (exact) mass is 404 g/mol. The molecule has 1 saturated heterocycles. The van der Waals surface area contributed by atoms with E-state index in [1.165, 1.54) is 0 Å². The largest absolute Gasteiger partial charge is 0.497 e. The number of carbonyl (C=O) groups is 1. The lowest BCUT2D eigenvalue weighted by Crippen LogP contribution is -2.44. The van der Waals surface area contributed by atoms with Crippen molar-refractivity contribution in [3.05, 3.63) is 41.0 Å². The first-order chi connectivity index (χ1) is 13.5. The van der Waals surface area contributed by atoms with Gasteiger partial charge in [0.25, 0.3) is 0 Å². The third-order valence-electron chi connectivity index (χ3n) is 5.00. The average molecular weight is 405 g/mol. The van der Waals surface area contributed by atoms with E-state index in [2.05, 4.69) is 20.4 Å². The number of nitrogens with zero attached hydrogens (tertiary/aromatic N) is 3. The third kappa shape index (κ3) is 4.65. The number of hydrogen-bond donors (Lipinski definition) is 1. The van der Waals surface area contributed by atoms with Crippen molar-refractivity contribution in [3.63, 3.8) is 0 Å². The Hall–Kier alpha value is -2.54. The topological polar surface area (TPSA) is 76.6 Å². The summed E-state index contributed by atoms with van der Waals surface area (Å²) in [6.07, 6.45) is 1.75. The van der Waals surface area contributed by atoms with Crippen LogP contribution in [0.3, 0.4) is 0 Å². The Morgan fingerprint density at radius 3 is 2.75 bits per heavy atom. The van der Waals surface area contributed by atoms with Crippen LogP contribution in [0.15, 0.2) is 30.3 Å². The van der Waals surface area contributed by atoms with Crippen molar-refractivity contribution in [1.29, 1.82) is 0 Å². The van der Waals surface area contributed by atoms with Crippen LogP contribution in [0.4, 0.5) is 5.82 Å². The molecule has 1 amide bonds. The Morgan fingerprint density at radius 1 is 1.25 bits per heavy atom. The number of carbonyl (C=O) groups excluding carboxylic acids is 1. The van der Waals surface area contributed by atoms with Gasteiger partial charge in [0.2, 0.25) is 5.91 Å². The highest BCUT2D eigenvalue weighted by Crippen LogP contribution is 2.30. The van der Waals surface area contributed by atoms with Gasteiger partial charge in [0.15, 0.2) is 11.0 Å². The van der Waals surface area contributed by atoms with Crippen molar-refractivity contribution in [2.45, 2.75) is 25.8 Å². The molecule has 2 aromatic rings. The molecule has 2 unspecified atom stereocenters. The number of piperidine rings is 1. The minimum Gasteiger partial charge on any atom is -0.497 e. The molecule has 7 nitrogen and oxygen atoms in total. The summed E-state index contributed by atoms with van der Waals surface area (Å²) in [4.78, 5) is 15.0. The van der Waals surface area contributed by atoms with Crippen molar-refractivity contribution in [3.8, 4) is 11.5 Å². The maximum absolute atomic E-state index is 12.9. The standard InChI is InChI=1S/C20H25ClN4O3/c1-13(16-11-15(27-2)6-7-17(16)28-3)22-20(26)14-5-4-10-25(12-14)19-9-8-18(21)23-24-19/h6-9,11,13-14H,4-5,10,12H2,1-3H3,(H,22,26). The average Bonchev–Trinajstić information content (AvgIpc) is 2.73.